The van der Waals surface area contributed by atoms with Gasteiger partial charge in [0.05, 0.1) is 0 Å². The van der Waals surface area contributed by atoms with E-state index in [0.29, 0.717) is 17.7 Å². The topological polar surface area (TPSA) is 0 Å². The lowest BCUT2D eigenvalue weighted by Crippen LogP contribution is -2.11. The van der Waals surface area contributed by atoms with E-state index in [-0.39, 0.29) is 11.1 Å². The molecule has 3 aromatic carbocycles. The highest BCUT2D eigenvalue weighted by molar-refractivity contribution is 5.71. The van der Waals surface area contributed by atoms with Crippen LogP contribution in [0.5, 0.6) is 0 Å². The number of hydrogen-bond acceptors (Lipinski definition) is 0. The highest BCUT2D eigenvalue weighted by atomic mass is 19.4. The normalized spacial score (nSPS) is 11.5. The van der Waals surface area contributed by atoms with E-state index < -0.39 is 29.2 Å². The van der Waals surface area contributed by atoms with Crippen molar-refractivity contribution >= 4 is 0 Å². The molecule has 150 valence electrons. The molecule has 3 aromatic rings. The Morgan fingerprint density at radius 2 is 1.28 bits per heavy atom. The first-order chi connectivity index (χ1) is 13.7. The van der Waals surface area contributed by atoms with Crippen molar-refractivity contribution in [1.29, 1.82) is 0 Å². The van der Waals surface area contributed by atoms with E-state index >= 15 is 0 Å². The molecule has 0 spiro atoms. The number of benzene rings is 3. The Bertz CT molecular complexity index is 1010. The molecule has 0 amide bonds. The van der Waals surface area contributed by atoms with Crippen molar-refractivity contribution in [2.45, 2.75) is 19.0 Å². The van der Waals surface area contributed by atoms with Crippen molar-refractivity contribution in [1.82, 2.24) is 0 Å². The molecular formula is C23H16F6. The maximum Gasteiger partial charge on any atom is 0.422 e. The maximum absolute atomic E-state index is 14.6. The van der Waals surface area contributed by atoms with E-state index in [2.05, 4.69) is 6.58 Å². The predicted molar refractivity (Wildman–Crippen MR) is 101 cm³/mol. The summed E-state index contributed by atoms with van der Waals surface area (Å²) in [4.78, 5) is 0. The van der Waals surface area contributed by atoms with Crippen molar-refractivity contribution in [3.63, 3.8) is 0 Å². The Kier molecular flexibility index (Phi) is 5.82. The van der Waals surface area contributed by atoms with Gasteiger partial charge < -0.3 is 0 Å². The van der Waals surface area contributed by atoms with Crippen LogP contribution in [0.3, 0.4) is 0 Å². The van der Waals surface area contributed by atoms with Crippen LogP contribution in [0.25, 0.3) is 22.3 Å². The summed E-state index contributed by atoms with van der Waals surface area (Å²) in [5, 5.41) is 0. The largest absolute Gasteiger partial charge is 0.422 e. The van der Waals surface area contributed by atoms with Crippen LogP contribution in [0.1, 0.15) is 17.5 Å². The van der Waals surface area contributed by atoms with Crippen molar-refractivity contribution in [3.8, 4) is 22.3 Å². The zero-order chi connectivity index (χ0) is 21.2. The van der Waals surface area contributed by atoms with Crippen LogP contribution in [0.15, 0.2) is 67.3 Å². The van der Waals surface area contributed by atoms with Gasteiger partial charge in [0.1, 0.15) is 23.0 Å². The van der Waals surface area contributed by atoms with Crippen LogP contribution in [0.4, 0.5) is 26.3 Å². The summed E-state index contributed by atoms with van der Waals surface area (Å²) in [5.74, 6) is -4.37. The second-order valence-corrected chi connectivity index (χ2v) is 6.53. The third kappa shape index (κ3) is 4.53. The molecule has 0 aliphatic rings. The van der Waals surface area contributed by atoms with Gasteiger partial charge in [0.25, 0.3) is 0 Å². The van der Waals surface area contributed by atoms with Gasteiger partial charge in [0.15, 0.2) is 0 Å². The lowest BCUT2D eigenvalue weighted by Gasteiger charge is -2.12. The molecule has 0 N–H and O–H groups in total. The van der Waals surface area contributed by atoms with E-state index in [4.69, 9.17) is 0 Å². The molecule has 29 heavy (non-hydrogen) atoms. The second kappa shape index (κ2) is 8.15. The van der Waals surface area contributed by atoms with Gasteiger partial charge in [0, 0.05) is 5.56 Å². The molecule has 3 rings (SSSR count). The summed E-state index contributed by atoms with van der Waals surface area (Å²) < 4.78 is 80.3. The SMILES string of the molecule is C=CCCc1ccc(-c2ccc(-c3cc(F)c(C(F)(F)F)c(F)c3)c(F)c2)cc1. The Balaban J connectivity index is 1.93. The number of alkyl halides is 3. The predicted octanol–water partition coefficient (Wildman–Crippen LogP) is 7.58. The summed E-state index contributed by atoms with van der Waals surface area (Å²) in [6.45, 7) is 3.67. The van der Waals surface area contributed by atoms with Crippen LogP contribution in [0, 0.1) is 17.5 Å². The lowest BCUT2D eigenvalue weighted by atomic mass is 9.97. The number of rotatable bonds is 5. The standard InChI is InChI=1S/C23H16F6/c1-2-3-4-14-5-7-15(8-6-14)16-9-10-18(19(24)11-16)17-12-20(25)22(21(26)13-17)23(27,28)29/h2,5-13H,1,3-4H2. The van der Waals surface area contributed by atoms with Crippen LogP contribution < -0.4 is 0 Å². The molecular weight excluding hydrogens is 390 g/mol. The van der Waals surface area contributed by atoms with Gasteiger partial charge in [-0.3, -0.25) is 0 Å². The molecule has 0 unspecified atom stereocenters. The molecule has 0 fully saturated rings. The van der Waals surface area contributed by atoms with E-state index in [9.17, 15) is 26.3 Å². The molecule has 0 radical (unpaired) electrons. The van der Waals surface area contributed by atoms with Crippen LogP contribution >= 0.6 is 0 Å². The molecule has 6 heteroatoms. The molecule has 0 aliphatic carbocycles. The van der Waals surface area contributed by atoms with Gasteiger partial charge in [0.2, 0.25) is 0 Å². The minimum atomic E-state index is -5.17. The minimum Gasteiger partial charge on any atom is -0.206 e. The highest BCUT2D eigenvalue weighted by Gasteiger charge is 2.38. The van der Waals surface area contributed by atoms with E-state index in [0.717, 1.165) is 24.0 Å². The van der Waals surface area contributed by atoms with Gasteiger partial charge in [-0.2, -0.15) is 13.2 Å². The molecule has 0 bridgehead atoms. The summed E-state index contributed by atoms with van der Waals surface area (Å²) in [6, 6.07) is 12.5. The van der Waals surface area contributed by atoms with Crippen LogP contribution in [-0.4, -0.2) is 0 Å². The summed E-state index contributed by atoms with van der Waals surface area (Å²) in [5.41, 5.74) is -0.118. The monoisotopic (exact) mass is 406 g/mol. The smallest absolute Gasteiger partial charge is 0.206 e. The molecule has 0 aromatic heterocycles. The van der Waals surface area contributed by atoms with Crippen molar-refractivity contribution in [3.05, 3.63) is 95.8 Å². The Morgan fingerprint density at radius 3 is 1.79 bits per heavy atom. The molecule has 0 saturated heterocycles. The minimum absolute atomic E-state index is 0.192. The summed E-state index contributed by atoms with van der Waals surface area (Å²) >= 11 is 0. The summed E-state index contributed by atoms with van der Waals surface area (Å²) in [6.07, 6.45) is -1.69. The van der Waals surface area contributed by atoms with Crippen molar-refractivity contribution in [2.75, 3.05) is 0 Å². The first kappa shape index (κ1) is 20.7. The highest BCUT2D eigenvalue weighted by Crippen LogP contribution is 2.37. The first-order valence-corrected chi connectivity index (χ1v) is 8.77. The Morgan fingerprint density at radius 1 is 0.724 bits per heavy atom. The fourth-order valence-corrected chi connectivity index (χ4v) is 3.06. The summed E-state index contributed by atoms with van der Waals surface area (Å²) in [7, 11) is 0. The number of halogens is 6. The number of hydrogen-bond donors (Lipinski definition) is 0. The Labute approximate surface area is 164 Å². The van der Waals surface area contributed by atoms with Crippen LogP contribution in [-0.2, 0) is 12.6 Å². The Hall–Kier alpha value is -3.02. The lowest BCUT2D eigenvalue weighted by molar-refractivity contribution is -0.142. The van der Waals surface area contributed by atoms with Gasteiger partial charge >= 0.3 is 6.18 Å². The third-order valence-electron chi connectivity index (χ3n) is 4.53. The molecule has 0 nitrogen and oxygen atoms in total. The average Bonchev–Trinajstić information content (AvgIpc) is 2.65. The van der Waals surface area contributed by atoms with Gasteiger partial charge in [-0.05, 0) is 53.3 Å². The molecule has 0 atom stereocenters. The fraction of sp³-hybridized carbons (Fsp3) is 0.130. The number of aryl methyl sites for hydroxylation is 1. The van der Waals surface area contributed by atoms with Gasteiger partial charge in [-0.1, -0.05) is 42.5 Å². The third-order valence-corrected chi connectivity index (χ3v) is 4.53. The molecule has 0 aliphatic heterocycles. The van der Waals surface area contributed by atoms with Gasteiger partial charge in [-0.25, -0.2) is 13.2 Å². The average molecular weight is 406 g/mol. The van der Waals surface area contributed by atoms with Crippen molar-refractivity contribution in [2.24, 2.45) is 0 Å². The van der Waals surface area contributed by atoms with E-state index in [1.54, 1.807) is 6.07 Å². The zero-order valence-electron chi connectivity index (χ0n) is 15.2. The second-order valence-electron chi connectivity index (χ2n) is 6.53. The molecule has 0 saturated carbocycles. The fourth-order valence-electron chi connectivity index (χ4n) is 3.06. The zero-order valence-corrected chi connectivity index (χ0v) is 15.2. The first-order valence-electron chi connectivity index (χ1n) is 8.77. The maximum atomic E-state index is 14.6. The van der Waals surface area contributed by atoms with E-state index in [1.807, 2.05) is 30.3 Å². The quantitative estimate of drug-likeness (QED) is 0.303. The number of allylic oxidation sites excluding steroid dienone is 1. The molecule has 0 heterocycles. The van der Waals surface area contributed by atoms with E-state index in [1.165, 1.54) is 12.1 Å². The van der Waals surface area contributed by atoms with Crippen LogP contribution in [0.2, 0.25) is 0 Å². The van der Waals surface area contributed by atoms with Gasteiger partial charge in [-0.15, -0.1) is 6.58 Å². The van der Waals surface area contributed by atoms with Crippen molar-refractivity contribution < 1.29 is 26.3 Å².